The largest absolute Gasteiger partial charge is 0.487 e. The van der Waals surface area contributed by atoms with Gasteiger partial charge in [0.1, 0.15) is 17.4 Å². The van der Waals surface area contributed by atoms with Gasteiger partial charge in [-0.15, -0.1) is 16.4 Å². The van der Waals surface area contributed by atoms with Gasteiger partial charge in [0.2, 0.25) is 0 Å². The quantitative estimate of drug-likeness (QED) is 0.229. The molecule has 3 aromatic heterocycles. The number of aromatic nitrogens is 4. The van der Waals surface area contributed by atoms with Crippen molar-refractivity contribution in [3.05, 3.63) is 81.5 Å². The number of rotatable bonds is 8. The molecule has 1 N–H and O–H groups in total. The molecule has 0 fully saturated rings. The molecule has 1 aliphatic heterocycles. The summed E-state index contributed by atoms with van der Waals surface area (Å²) in [4.78, 5) is 19.4. The standard InChI is InChI=1S/C32H35N5O3S/c1-5-24-17-36(18-27-29(40-24)10-7-19(3)33-27)16-23-14-22(13-21-11-12-41-32(21)23)26(15-30(38)39)25-8-9-28-31(20(25)4)34-35-37(28)6-2/h7-14,24,26H,5-6,15-18H2,1-4H3,(H,38,39)/t24-,26?/m1/s1. The van der Waals surface area contributed by atoms with Gasteiger partial charge in [0.15, 0.2) is 0 Å². The number of hydrogen-bond donors (Lipinski definition) is 1. The third-order valence-electron chi connectivity index (χ3n) is 8.14. The molecule has 0 saturated carbocycles. The number of aryl methyl sites for hydroxylation is 3. The summed E-state index contributed by atoms with van der Waals surface area (Å²) in [5, 5.41) is 22.0. The van der Waals surface area contributed by atoms with E-state index in [4.69, 9.17) is 9.72 Å². The zero-order chi connectivity index (χ0) is 28.7. The van der Waals surface area contributed by atoms with Crippen LogP contribution in [-0.4, -0.2) is 48.6 Å². The Kier molecular flexibility index (Phi) is 7.48. The second kappa shape index (κ2) is 11.2. The van der Waals surface area contributed by atoms with Gasteiger partial charge in [-0.3, -0.25) is 14.7 Å². The second-order valence-corrected chi connectivity index (χ2v) is 11.9. The molecule has 6 rings (SSSR count). The number of benzene rings is 2. The maximum Gasteiger partial charge on any atom is 0.304 e. The van der Waals surface area contributed by atoms with E-state index in [1.807, 2.05) is 43.7 Å². The third-order valence-corrected chi connectivity index (χ3v) is 9.14. The first kappa shape index (κ1) is 27.4. The van der Waals surface area contributed by atoms with Gasteiger partial charge >= 0.3 is 5.97 Å². The number of carboxylic acids is 1. The highest BCUT2D eigenvalue weighted by atomic mass is 32.1. The van der Waals surface area contributed by atoms with Crippen LogP contribution in [0.1, 0.15) is 66.2 Å². The van der Waals surface area contributed by atoms with Gasteiger partial charge in [-0.25, -0.2) is 4.68 Å². The summed E-state index contributed by atoms with van der Waals surface area (Å²) in [6.07, 6.45) is 0.979. The lowest BCUT2D eigenvalue weighted by atomic mass is 9.84. The monoisotopic (exact) mass is 569 g/mol. The Balaban J connectivity index is 1.42. The summed E-state index contributed by atoms with van der Waals surface area (Å²) in [5.74, 6) is -0.271. The first-order chi connectivity index (χ1) is 19.8. The van der Waals surface area contributed by atoms with Gasteiger partial charge in [0, 0.05) is 42.5 Å². The predicted molar refractivity (Wildman–Crippen MR) is 162 cm³/mol. The Labute approximate surface area is 243 Å². The topological polar surface area (TPSA) is 93.4 Å². The molecule has 0 aliphatic carbocycles. The van der Waals surface area contributed by atoms with Crippen LogP contribution in [-0.2, 0) is 24.4 Å². The maximum atomic E-state index is 12.2. The Hall–Kier alpha value is -3.82. The molecule has 5 aromatic rings. The van der Waals surface area contributed by atoms with E-state index in [0.717, 1.165) is 76.3 Å². The third kappa shape index (κ3) is 5.31. The van der Waals surface area contributed by atoms with Gasteiger partial charge in [-0.05, 0) is 90.5 Å². The number of hydrogen-bond acceptors (Lipinski definition) is 7. The van der Waals surface area contributed by atoms with E-state index in [1.54, 1.807) is 11.3 Å². The van der Waals surface area contributed by atoms with Crippen LogP contribution in [0.3, 0.4) is 0 Å². The van der Waals surface area contributed by atoms with Crippen molar-refractivity contribution < 1.29 is 14.6 Å². The number of aliphatic carboxylic acids is 1. The highest BCUT2D eigenvalue weighted by molar-refractivity contribution is 7.17. The van der Waals surface area contributed by atoms with Crippen LogP contribution in [0.4, 0.5) is 0 Å². The molecule has 4 heterocycles. The van der Waals surface area contributed by atoms with Gasteiger partial charge in [0.05, 0.1) is 17.6 Å². The summed E-state index contributed by atoms with van der Waals surface area (Å²) in [6.45, 7) is 11.2. The minimum Gasteiger partial charge on any atom is -0.487 e. The van der Waals surface area contributed by atoms with Crippen LogP contribution < -0.4 is 4.74 Å². The van der Waals surface area contributed by atoms with Crippen molar-refractivity contribution in [1.29, 1.82) is 0 Å². The van der Waals surface area contributed by atoms with Gasteiger partial charge in [0.25, 0.3) is 0 Å². The van der Waals surface area contributed by atoms with Crippen molar-refractivity contribution in [2.75, 3.05) is 6.54 Å². The Morgan fingerprint density at radius 2 is 2.02 bits per heavy atom. The van der Waals surface area contributed by atoms with E-state index >= 15 is 0 Å². The van der Waals surface area contributed by atoms with Gasteiger partial charge in [-0.2, -0.15) is 0 Å². The molecule has 212 valence electrons. The van der Waals surface area contributed by atoms with Crippen LogP contribution >= 0.6 is 11.3 Å². The summed E-state index contributed by atoms with van der Waals surface area (Å²) < 4.78 is 9.45. The van der Waals surface area contributed by atoms with Gasteiger partial charge in [-0.1, -0.05) is 24.3 Å². The number of carbonyl (C=O) groups is 1. The second-order valence-electron chi connectivity index (χ2n) is 10.9. The van der Waals surface area contributed by atoms with Crippen molar-refractivity contribution in [3.8, 4) is 5.75 Å². The number of pyridine rings is 1. The van der Waals surface area contributed by atoms with Crippen LogP contribution in [0, 0.1) is 13.8 Å². The molecule has 2 atom stereocenters. The highest BCUT2D eigenvalue weighted by Gasteiger charge is 2.26. The molecule has 0 radical (unpaired) electrons. The molecule has 2 aromatic carbocycles. The summed E-state index contributed by atoms with van der Waals surface area (Å²) in [7, 11) is 0. The SMILES string of the molecule is CC[C@@H]1CN(Cc2cc(C(CC(=O)O)c3ccc4c(nnn4CC)c3C)cc3ccsc23)Cc2nc(C)ccc2O1. The number of fused-ring (bicyclic) bond motifs is 3. The molecular weight excluding hydrogens is 534 g/mol. The number of carboxylic acid groups (broad SMARTS) is 1. The molecule has 1 unspecified atom stereocenters. The molecular formula is C32H35N5O3S. The molecule has 8 nitrogen and oxygen atoms in total. The van der Waals surface area contributed by atoms with Crippen molar-refractivity contribution in [2.24, 2.45) is 0 Å². The Morgan fingerprint density at radius 3 is 2.80 bits per heavy atom. The minimum atomic E-state index is -0.827. The number of nitrogens with zero attached hydrogens (tertiary/aromatic N) is 5. The highest BCUT2D eigenvalue weighted by Crippen LogP contribution is 2.38. The lowest BCUT2D eigenvalue weighted by molar-refractivity contribution is -0.137. The van der Waals surface area contributed by atoms with Crippen molar-refractivity contribution >= 4 is 38.4 Å². The van der Waals surface area contributed by atoms with Crippen molar-refractivity contribution in [1.82, 2.24) is 24.9 Å². The van der Waals surface area contributed by atoms with E-state index in [-0.39, 0.29) is 18.4 Å². The van der Waals surface area contributed by atoms with Crippen LogP contribution in [0.25, 0.3) is 21.1 Å². The number of thiophene rings is 1. The fraction of sp³-hybridized carbons (Fsp3) is 0.375. The fourth-order valence-electron chi connectivity index (χ4n) is 6.05. The molecule has 41 heavy (non-hydrogen) atoms. The molecule has 9 heteroatoms. The zero-order valence-corrected chi connectivity index (χ0v) is 24.7. The fourth-order valence-corrected chi connectivity index (χ4v) is 6.94. The van der Waals surface area contributed by atoms with E-state index < -0.39 is 5.97 Å². The summed E-state index contributed by atoms with van der Waals surface area (Å²) in [5.41, 5.74) is 7.90. The Bertz CT molecular complexity index is 1740. The normalized spacial score (nSPS) is 16.4. The average Bonchev–Trinajstić information content (AvgIpc) is 3.56. The van der Waals surface area contributed by atoms with Crippen LogP contribution in [0.2, 0.25) is 0 Å². The first-order valence-corrected chi connectivity index (χ1v) is 15.1. The summed E-state index contributed by atoms with van der Waals surface area (Å²) >= 11 is 1.73. The van der Waals surface area contributed by atoms with Crippen molar-refractivity contribution in [2.45, 2.75) is 72.2 Å². The van der Waals surface area contributed by atoms with Crippen molar-refractivity contribution in [3.63, 3.8) is 0 Å². The lowest BCUT2D eigenvalue weighted by Crippen LogP contribution is -2.32. The van der Waals surface area contributed by atoms with E-state index in [0.29, 0.717) is 6.54 Å². The maximum absolute atomic E-state index is 12.2. The smallest absolute Gasteiger partial charge is 0.304 e. The molecule has 0 bridgehead atoms. The van der Waals surface area contributed by atoms with E-state index in [2.05, 4.69) is 51.8 Å². The van der Waals surface area contributed by atoms with E-state index in [9.17, 15) is 9.90 Å². The van der Waals surface area contributed by atoms with E-state index in [1.165, 1.54) is 10.3 Å². The van der Waals surface area contributed by atoms with Crippen LogP contribution in [0.15, 0.2) is 47.8 Å². The molecule has 0 amide bonds. The first-order valence-electron chi connectivity index (χ1n) is 14.2. The average molecular weight is 570 g/mol. The number of ether oxygens (including phenoxy) is 1. The van der Waals surface area contributed by atoms with Gasteiger partial charge < -0.3 is 9.84 Å². The van der Waals surface area contributed by atoms with Crippen LogP contribution in [0.5, 0.6) is 5.75 Å². The zero-order valence-electron chi connectivity index (χ0n) is 23.9. The Morgan fingerprint density at radius 1 is 1.17 bits per heavy atom. The minimum absolute atomic E-state index is 0.00458. The lowest BCUT2D eigenvalue weighted by Gasteiger charge is -2.25. The predicted octanol–water partition coefficient (Wildman–Crippen LogP) is 6.46. The molecule has 0 spiro atoms. The molecule has 1 aliphatic rings. The summed E-state index contributed by atoms with van der Waals surface area (Å²) in [6, 6.07) is 14.6. The molecule has 0 saturated heterocycles.